The summed E-state index contributed by atoms with van der Waals surface area (Å²) in [6, 6.07) is 6.00. The number of hydrogen-bond donors (Lipinski definition) is 2. The number of thiazole rings is 1. The van der Waals surface area contributed by atoms with Crippen LogP contribution in [0.15, 0.2) is 24.4 Å². The highest BCUT2D eigenvalue weighted by Gasteiger charge is 2.24. The number of fused-ring (bicyclic) bond motifs is 2. The van der Waals surface area contributed by atoms with Crippen LogP contribution in [0.4, 0.5) is 15.9 Å². The molecule has 6 rings (SSSR count). The number of benzene rings is 1. The molecule has 0 saturated carbocycles. The third-order valence-electron chi connectivity index (χ3n) is 6.38. The van der Waals surface area contributed by atoms with E-state index in [-0.39, 0.29) is 12.1 Å². The lowest BCUT2D eigenvalue weighted by Crippen LogP contribution is -2.37. The van der Waals surface area contributed by atoms with Gasteiger partial charge in [-0.2, -0.15) is 10.1 Å². The third-order valence-corrected chi connectivity index (χ3v) is 7.32. The molecule has 3 aromatic heterocycles. The summed E-state index contributed by atoms with van der Waals surface area (Å²) < 4.78 is 14.1. The van der Waals surface area contributed by atoms with Crippen LogP contribution in [0.1, 0.15) is 18.9 Å². The predicted octanol–water partition coefficient (Wildman–Crippen LogP) is 3.04. The van der Waals surface area contributed by atoms with E-state index in [0.717, 1.165) is 71.7 Å². The van der Waals surface area contributed by atoms with Crippen LogP contribution in [-0.2, 0) is 9.47 Å². The standard InChI is InChI=1S/C23H26N8O3S/c1-24-22(32)29-23-26-17-3-2-14(12-18(17)35-23)19-16-13-25-31(15-4-8-33-9-5-15)20(16)28-21(27-19)30-6-10-34-11-7-30/h2-3,12-13,15H,4-11H2,1H3,(H2,24,26,29,32). The molecule has 0 radical (unpaired) electrons. The van der Waals surface area contributed by atoms with Gasteiger partial charge in [-0.25, -0.2) is 19.4 Å². The van der Waals surface area contributed by atoms with E-state index in [4.69, 9.17) is 24.5 Å². The van der Waals surface area contributed by atoms with Gasteiger partial charge in [0.05, 0.1) is 46.7 Å². The Morgan fingerprint density at radius 2 is 1.89 bits per heavy atom. The number of rotatable bonds is 4. The molecule has 11 nitrogen and oxygen atoms in total. The van der Waals surface area contributed by atoms with Gasteiger partial charge in [0.1, 0.15) is 0 Å². The van der Waals surface area contributed by atoms with Crippen molar-refractivity contribution in [3.8, 4) is 11.3 Å². The topological polar surface area (TPSA) is 119 Å². The quantitative estimate of drug-likeness (QED) is 0.444. The van der Waals surface area contributed by atoms with Crippen molar-refractivity contribution in [2.24, 2.45) is 0 Å². The van der Waals surface area contributed by atoms with Crippen LogP contribution >= 0.6 is 11.3 Å². The third kappa shape index (κ3) is 4.28. The van der Waals surface area contributed by atoms with Gasteiger partial charge in [-0.1, -0.05) is 17.4 Å². The molecular formula is C23H26N8O3S. The van der Waals surface area contributed by atoms with Gasteiger partial charge in [-0.15, -0.1) is 0 Å². The Kier molecular flexibility index (Phi) is 5.92. The lowest BCUT2D eigenvalue weighted by atomic mass is 10.1. The van der Waals surface area contributed by atoms with Gasteiger partial charge in [0.15, 0.2) is 10.8 Å². The normalized spacial score (nSPS) is 17.2. The van der Waals surface area contributed by atoms with Gasteiger partial charge < -0.3 is 19.7 Å². The first-order valence-electron chi connectivity index (χ1n) is 11.7. The van der Waals surface area contributed by atoms with E-state index >= 15 is 0 Å². The van der Waals surface area contributed by atoms with Crippen molar-refractivity contribution >= 4 is 49.7 Å². The summed E-state index contributed by atoms with van der Waals surface area (Å²) >= 11 is 1.43. The minimum Gasteiger partial charge on any atom is -0.381 e. The molecule has 2 N–H and O–H groups in total. The number of nitrogens with one attached hydrogen (secondary N) is 2. The first-order valence-corrected chi connectivity index (χ1v) is 12.6. The highest BCUT2D eigenvalue weighted by molar-refractivity contribution is 7.22. The highest BCUT2D eigenvalue weighted by atomic mass is 32.1. The number of amides is 2. The van der Waals surface area contributed by atoms with Crippen molar-refractivity contribution in [3.63, 3.8) is 0 Å². The van der Waals surface area contributed by atoms with Crippen LogP contribution in [0.25, 0.3) is 32.5 Å². The molecule has 2 aliphatic heterocycles. The summed E-state index contributed by atoms with van der Waals surface area (Å²) in [7, 11) is 1.58. The first-order chi connectivity index (χ1) is 17.2. The lowest BCUT2D eigenvalue weighted by Gasteiger charge is -2.27. The zero-order chi connectivity index (χ0) is 23.8. The van der Waals surface area contributed by atoms with E-state index in [1.165, 1.54) is 11.3 Å². The molecule has 0 spiro atoms. The fourth-order valence-electron chi connectivity index (χ4n) is 4.52. The smallest absolute Gasteiger partial charge is 0.320 e. The number of hydrogen-bond acceptors (Lipinski definition) is 9. The van der Waals surface area contributed by atoms with Gasteiger partial charge in [-0.05, 0) is 25.0 Å². The summed E-state index contributed by atoms with van der Waals surface area (Å²) in [6.07, 6.45) is 3.70. The molecular weight excluding hydrogens is 468 g/mol. The molecule has 4 aromatic rings. The maximum absolute atomic E-state index is 11.7. The number of aromatic nitrogens is 5. The molecule has 2 aliphatic rings. The number of ether oxygens (including phenoxy) is 2. The molecule has 0 aliphatic carbocycles. The van der Waals surface area contributed by atoms with Crippen LogP contribution in [0.2, 0.25) is 0 Å². The van der Waals surface area contributed by atoms with Crippen molar-refractivity contribution in [3.05, 3.63) is 24.4 Å². The highest BCUT2D eigenvalue weighted by Crippen LogP contribution is 2.35. The van der Waals surface area contributed by atoms with Crippen LogP contribution in [0.5, 0.6) is 0 Å². The summed E-state index contributed by atoms with van der Waals surface area (Å²) in [5, 5.41) is 11.5. The average molecular weight is 495 g/mol. The van der Waals surface area contributed by atoms with Crippen molar-refractivity contribution < 1.29 is 14.3 Å². The Bertz CT molecular complexity index is 1370. The Hall–Kier alpha value is -3.35. The lowest BCUT2D eigenvalue weighted by molar-refractivity contribution is 0.0673. The fourth-order valence-corrected chi connectivity index (χ4v) is 5.42. The molecule has 35 heavy (non-hydrogen) atoms. The van der Waals surface area contributed by atoms with Crippen molar-refractivity contribution in [1.82, 2.24) is 30.0 Å². The van der Waals surface area contributed by atoms with Crippen LogP contribution in [-0.4, -0.2) is 77.3 Å². The second-order valence-electron chi connectivity index (χ2n) is 8.55. The molecule has 0 bridgehead atoms. The van der Waals surface area contributed by atoms with Gasteiger partial charge in [-0.3, -0.25) is 5.32 Å². The summed E-state index contributed by atoms with van der Waals surface area (Å²) in [5.74, 6) is 0.691. The Morgan fingerprint density at radius 3 is 2.69 bits per heavy atom. The molecule has 5 heterocycles. The molecule has 2 fully saturated rings. The monoisotopic (exact) mass is 494 g/mol. The molecule has 12 heteroatoms. The van der Waals surface area contributed by atoms with E-state index < -0.39 is 0 Å². The van der Waals surface area contributed by atoms with E-state index in [1.54, 1.807) is 7.05 Å². The molecule has 2 amide bonds. The summed E-state index contributed by atoms with van der Waals surface area (Å²) in [5.41, 5.74) is 3.46. The van der Waals surface area contributed by atoms with Crippen molar-refractivity contribution in [1.29, 1.82) is 0 Å². The van der Waals surface area contributed by atoms with Gasteiger partial charge in [0.25, 0.3) is 0 Å². The van der Waals surface area contributed by atoms with Crippen LogP contribution in [0.3, 0.4) is 0 Å². The summed E-state index contributed by atoms with van der Waals surface area (Å²) in [6.45, 7) is 4.27. The SMILES string of the molecule is CNC(=O)Nc1nc2ccc(-c3nc(N4CCOCC4)nc4c3cnn4C3CCOCC3)cc2s1. The van der Waals surface area contributed by atoms with Gasteiger partial charge in [0.2, 0.25) is 5.95 Å². The van der Waals surface area contributed by atoms with Crippen molar-refractivity contribution in [2.45, 2.75) is 18.9 Å². The number of morpholine rings is 1. The van der Waals surface area contributed by atoms with E-state index in [2.05, 4.69) is 26.6 Å². The average Bonchev–Trinajstić information content (AvgIpc) is 3.52. The zero-order valence-corrected chi connectivity index (χ0v) is 20.2. The van der Waals surface area contributed by atoms with Crippen LogP contribution < -0.4 is 15.5 Å². The van der Waals surface area contributed by atoms with E-state index in [0.29, 0.717) is 24.3 Å². The minimum absolute atomic E-state index is 0.254. The molecule has 2 saturated heterocycles. The Morgan fingerprint density at radius 1 is 1.09 bits per heavy atom. The van der Waals surface area contributed by atoms with Crippen molar-refractivity contribution in [2.75, 3.05) is 56.8 Å². The number of urea groups is 1. The second-order valence-corrected chi connectivity index (χ2v) is 9.58. The predicted molar refractivity (Wildman–Crippen MR) is 134 cm³/mol. The molecule has 1 aromatic carbocycles. The number of anilines is 2. The first kappa shape index (κ1) is 22.1. The summed E-state index contributed by atoms with van der Waals surface area (Å²) in [4.78, 5) is 28.4. The zero-order valence-electron chi connectivity index (χ0n) is 19.4. The van der Waals surface area contributed by atoms with Gasteiger partial charge in [0, 0.05) is 38.9 Å². The number of nitrogens with zero attached hydrogens (tertiary/aromatic N) is 6. The Balaban J connectivity index is 1.46. The maximum Gasteiger partial charge on any atom is 0.320 e. The van der Waals surface area contributed by atoms with E-state index in [1.807, 2.05) is 23.0 Å². The second kappa shape index (κ2) is 9.36. The maximum atomic E-state index is 11.7. The number of carbonyl (C=O) groups is 1. The largest absolute Gasteiger partial charge is 0.381 e. The molecule has 0 atom stereocenters. The van der Waals surface area contributed by atoms with Gasteiger partial charge >= 0.3 is 6.03 Å². The molecule has 0 unspecified atom stereocenters. The molecule has 182 valence electrons. The Labute approximate surface area is 205 Å². The minimum atomic E-state index is -0.294. The number of carbonyl (C=O) groups excluding carboxylic acids is 1. The van der Waals surface area contributed by atoms with Crippen LogP contribution in [0, 0.1) is 0 Å². The fraction of sp³-hybridized carbons (Fsp3) is 0.435. The van der Waals surface area contributed by atoms with E-state index in [9.17, 15) is 4.79 Å².